The highest BCUT2D eigenvalue weighted by Crippen LogP contribution is 2.65. The van der Waals surface area contributed by atoms with E-state index >= 15 is 0 Å². The van der Waals surface area contributed by atoms with Gasteiger partial charge in [-0.3, -0.25) is 0 Å². The predicted molar refractivity (Wildman–Crippen MR) is 127 cm³/mol. The van der Waals surface area contributed by atoms with Crippen LogP contribution in [0, 0.1) is 35.5 Å². The second kappa shape index (κ2) is 6.05. The maximum Gasteiger partial charge on any atom is 0.120 e. The maximum absolute atomic E-state index is 11.8. The molecule has 2 N–H and O–H groups in total. The molecule has 2 nitrogen and oxygen atoms in total. The van der Waals surface area contributed by atoms with Crippen molar-refractivity contribution in [2.24, 2.45) is 35.5 Å². The summed E-state index contributed by atoms with van der Waals surface area (Å²) in [6.07, 6.45) is 16.2. The summed E-state index contributed by atoms with van der Waals surface area (Å²) in [5.74, 6) is 6.15. The molecule has 0 saturated heterocycles. The summed E-state index contributed by atoms with van der Waals surface area (Å²) in [6.45, 7) is 0. The van der Waals surface area contributed by atoms with E-state index in [0.717, 1.165) is 35.5 Å². The topological polar surface area (TPSA) is 40.5 Å². The van der Waals surface area contributed by atoms with E-state index in [1.54, 1.807) is 0 Å². The van der Waals surface area contributed by atoms with Crippen molar-refractivity contribution in [1.29, 1.82) is 0 Å². The maximum atomic E-state index is 11.8. The summed E-state index contributed by atoms with van der Waals surface area (Å²) >= 11 is 0. The van der Waals surface area contributed by atoms with E-state index in [1.807, 2.05) is 12.1 Å². The molecule has 2 aromatic rings. The fraction of sp³-hybridized carbons (Fsp3) is 0.667. The molecule has 8 saturated carbocycles. The summed E-state index contributed by atoms with van der Waals surface area (Å²) < 4.78 is 0. The van der Waals surface area contributed by atoms with E-state index < -0.39 is 0 Å². The Hall–Kier alpha value is -1.70. The van der Waals surface area contributed by atoms with Crippen molar-refractivity contribution in [2.75, 3.05) is 0 Å². The van der Waals surface area contributed by atoms with E-state index in [9.17, 15) is 10.2 Å². The van der Waals surface area contributed by atoms with E-state index in [4.69, 9.17) is 0 Å². The van der Waals surface area contributed by atoms with Gasteiger partial charge in [-0.25, -0.2) is 0 Å². The lowest BCUT2D eigenvalue weighted by Crippen LogP contribution is -2.49. The molecule has 0 aliphatic heterocycles. The molecule has 168 valence electrons. The van der Waals surface area contributed by atoms with Gasteiger partial charge < -0.3 is 10.2 Å². The summed E-state index contributed by atoms with van der Waals surface area (Å²) in [5, 5.41) is 24.8. The fourth-order valence-electron chi connectivity index (χ4n) is 11.3. The number of rotatable bonds is 2. The van der Waals surface area contributed by atoms with E-state index in [2.05, 4.69) is 12.1 Å². The second-order valence-electron chi connectivity index (χ2n) is 13.4. The molecule has 0 heterocycles. The molecule has 2 aromatic carbocycles. The second-order valence-corrected chi connectivity index (χ2v) is 13.4. The molecule has 32 heavy (non-hydrogen) atoms. The zero-order valence-electron chi connectivity index (χ0n) is 19.2. The standard InChI is InChI=1S/C30H36O2/c31-23-1-2-24-25(9-23)26(29-11-17-3-18(12-29)5-19(4-17)13-29)10-27(32)28(24)30-14-20-6-21(15-30)8-22(7-20)16-30/h1-2,9-10,17-22,31-32H,3-8,11-16H2. The molecule has 2 heteroatoms. The van der Waals surface area contributed by atoms with Crippen molar-refractivity contribution >= 4 is 10.8 Å². The Kier molecular flexibility index (Phi) is 3.53. The molecule has 0 amide bonds. The van der Waals surface area contributed by atoms with E-state index in [0.29, 0.717) is 11.5 Å². The lowest BCUT2D eigenvalue weighted by Gasteiger charge is -2.58. The number of aromatic hydroxyl groups is 2. The van der Waals surface area contributed by atoms with Crippen LogP contribution in [0.5, 0.6) is 11.5 Å². The normalized spacial score (nSPS) is 45.8. The Bertz CT molecular complexity index is 1060. The Labute approximate surface area is 191 Å². The van der Waals surface area contributed by atoms with Gasteiger partial charge >= 0.3 is 0 Å². The van der Waals surface area contributed by atoms with Crippen molar-refractivity contribution in [3.63, 3.8) is 0 Å². The first-order valence-corrected chi connectivity index (χ1v) is 13.5. The lowest BCUT2D eigenvalue weighted by atomic mass is 9.46. The first kappa shape index (κ1) is 18.7. The van der Waals surface area contributed by atoms with Crippen LogP contribution in [0.15, 0.2) is 24.3 Å². The van der Waals surface area contributed by atoms with Gasteiger partial charge in [-0.15, -0.1) is 0 Å². The molecule has 0 atom stereocenters. The highest BCUT2D eigenvalue weighted by atomic mass is 16.3. The Morgan fingerprint density at radius 3 is 1.53 bits per heavy atom. The molecular weight excluding hydrogens is 392 g/mol. The number of hydrogen-bond donors (Lipinski definition) is 2. The Morgan fingerprint density at radius 1 is 0.562 bits per heavy atom. The third-order valence-electron chi connectivity index (χ3n) is 11.3. The third kappa shape index (κ3) is 2.42. The molecule has 0 radical (unpaired) electrons. The third-order valence-corrected chi connectivity index (χ3v) is 11.3. The van der Waals surface area contributed by atoms with Crippen molar-refractivity contribution < 1.29 is 10.2 Å². The van der Waals surface area contributed by atoms with Crippen LogP contribution in [0.2, 0.25) is 0 Å². The van der Waals surface area contributed by atoms with Gasteiger partial charge in [-0.2, -0.15) is 0 Å². The van der Waals surface area contributed by atoms with Crippen LogP contribution in [0.4, 0.5) is 0 Å². The molecule has 8 aliphatic rings. The van der Waals surface area contributed by atoms with Gasteiger partial charge in [0.2, 0.25) is 0 Å². The van der Waals surface area contributed by atoms with Gasteiger partial charge in [0.15, 0.2) is 0 Å². The van der Waals surface area contributed by atoms with Gasteiger partial charge in [0.05, 0.1) is 0 Å². The summed E-state index contributed by atoms with van der Waals surface area (Å²) in [4.78, 5) is 0. The van der Waals surface area contributed by atoms with Crippen LogP contribution in [0.1, 0.15) is 88.2 Å². The summed E-state index contributed by atoms with van der Waals surface area (Å²) in [7, 11) is 0. The molecule has 0 spiro atoms. The van der Waals surface area contributed by atoms with Gasteiger partial charge in [-0.05, 0) is 153 Å². The molecule has 8 aliphatic carbocycles. The van der Waals surface area contributed by atoms with Crippen LogP contribution in [-0.2, 0) is 10.8 Å². The summed E-state index contributed by atoms with van der Waals surface area (Å²) in [6, 6.07) is 8.28. The van der Waals surface area contributed by atoms with Crippen LogP contribution >= 0.6 is 0 Å². The molecular formula is C30H36O2. The first-order valence-electron chi connectivity index (χ1n) is 13.5. The molecule has 10 rings (SSSR count). The van der Waals surface area contributed by atoms with Crippen molar-refractivity contribution in [2.45, 2.75) is 87.9 Å². The smallest absolute Gasteiger partial charge is 0.120 e. The van der Waals surface area contributed by atoms with E-state index in [-0.39, 0.29) is 10.8 Å². The predicted octanol–water partition coefficient (Wildman–Crippen LogP) is 7.19. The SMILES string of the molecule is Oc1ccc2c(C34CC5CC(CC(C5)C3)C4)c(O)cc(C34CC5CC(CC(C5)C3)C4)c2c1. The molecule has 0 unspecified atom stereocenters. The van der Waals surface area contributed by atoms with Gasteiger partial charge in [0, 0.05) is 11.0 Å². The zero-order chi connectivity index (χ0) is 21.2. The van der Waals surface area contributed by atoms with Crippen LogP contribution < -0.4 is 0 Å². The number of fused-ring (bicyclic) bond motifs is 1. The Morgan fingerprint density at radius 2 is 1.03 bits per heavy atom. The average Bonchev–Trinajstić information content (AvgIpc) is 2.71. The average molecular weight is 429 g/mol. The van der Waals surface area contributed by atoms with E-state index in [1.165, 1.54) is 98.9 Å². The van der Waals surface area contributed by atoms with Gasteiger partial charge in [-0.1, -0.05) is 6.07 Å². The monoisotopic (exact) mass is 428 g/mol. The van der Waals surface area contributed by atoms with Crippen LogP contribution in [0.3, 0.4) is 0 Å². The van der Waals surface area contributed by atoms with Crippen LogP contribution in [0.25, 0.3) is 10.8 Å². The first-order chi connectivity index (χ1) is 15.5. The minimum absolute atomic E-state index is 0.161. The minimum atomic E-state index is 0.161. The lowest BCUT2D eigenvalue weighted by molar-refractivity contribution is -0.00671. The molecule has 8 fully saturated rings. The number of benzene rings is 2. The highest BCUT2D eigenvalue weighted by molar-refractivity contribution is 5.93. The van der Waals surface area contributed by atoms with Gasteiger partial charge in [0.25, 0.3) is 0 Å². The molecule has 0 aromatic heterocycles. The zero-order valence-corrected chi connectivity index (χ0v) is 19.2. The largest absolute Gasteiger partial charge is 0.508 e. The number of hydrogen-bond acceptors (Lipinski definition) is 2. The van der Waals surface area contributed by atoms with Crippen molar-refractivity contribution in [3.05, 3.63) is 35.4 Å². The number of phenols is 2. The number of phenolic OH excluding ortho intramolecular Hbond substituents is 2. The van der Waals surface area contributed by atoms with Crippen LogP contribution in [-0.4, -0.2) is 10.2 Å². The quantitative estimate of drug-likeness (QED) is 0.531. The Balaban J connectivity index is 1.35. The van der Waals surface area contributed by atoms with Crippen molar-refractivity contribution in [1.82, 2.24) is 0 Å². The molecule has 8 bridgehead atoms. The van der Waals surface area contributed by atoms with Gasteiger partial charge in [0.1, 0.15) is 11.5 Å². The minimum Gasteiger partial charge on any atom is -0.508 e. The summed E-state index contributed by atoms with van der Waals surface area (Å²) in [5.41, 5.74) is 3.00. The highest BCUT2D eigenvalue weighted by Gasteiger charge is 2.55. The fourth-order valence-corrected chi connectivity index (χ4v) is 11.3. The van der Waals surface area contributed by atoms with Crippen molar-refractivity contribution in [3.8, 4) is 11.5 Å².